The summed E-state index contributed by atoms with van der Waals surface area (Å²) in [5.41, 5.74) is 4.07. The zero-order valence-corrected chi connectivity index (χ0v) is 12.5. The highest BCUT2D eigenvalue weighted by molar-refractivity contribution is 5.27. The van der Waals surface area contributed by atoms with Crippen molar-refractivity contribution in [1.29, 1.82) is 0 Å². The van der Waals surface area contributed by atoms with Gasteiger partial charge in [-0.1, -0.05) is 74.0 Å². The standard InChI is InChI=1S/C14H14.C3H4.C2H6/c1-12-7-9-14(10-8-12)11-13-5-3-2-4-6-13;1-3-2;1-2/h2-10H,11H2,1H3;1H,2H3;1-2H3. The average molecular weight is 252 g/mol. The molecular weight excluding hydrogens is 228 g/mol. The Kier molecular flexibility index (Phi) is 9.94. The molecule has 100 valence electrons. The molecule has 0 N–H and O–H groups in total. The molecule has 0 heterocycles. The van der Waals surface area contributed by atoms with Gasteiger partial charge in [0.15, 0.2) is 0 Å². The van der Waals surface area contributed by atoms with E-state index in [1.54, 1.807) is 6.92 Å². The van der Waals surface area contributed by atoms with Gasteiger partial charge in [-0.3, -0.25) is 0 Å². The van der Waals surface area contributed by atoms with Crippen molar-refractivity contribution in [2.24, 2.45) is 0 Å². The molecule has 2 rings (SSSR count). The lowest BCUT2D eigenvalue weighted by Gasteiger charge is -2.01. The first-order valence-electron chi connectivity index (χ1n) is 6.73. The van der Waals surface area contributed by atoms with Crippen molar-refractivity contribution in [1.82, 2.24) is 0 Å². The van der Waals surface area contributed by atoms with Gasteiger partial charge >= 0.3 is 0 Å². The number of hydrogen-bond donors (Lipinski definition) is 0. The molecule has 0 heteroatoms. The highest BCUT2D eigenvalue weighted by atomic mass is 14.0. The molecule has 0 nitrogen and oxygen atoms in total. The van der Waals surface area contributed by atoms with Crippen LogP contribution >= 0.6 is 0 Å². The molecule has 0 fully saturated rings. The first-order chi connectivity index (χ1) is 9.26. The average Bonchev–Trinajstić information content (AvgIpc) is 2.46. The van der Waals surface area contributed by atoms with Gasteiger partial charge in [0.1, 0.15) is 0 Å². The van der Waals surface area contributed by atoms with Crippen LogP contribution in [0.3, 0.4) is 0 Å². The molecule has 19 heavy (non-hydrogen) atoms. The third kappa shape index (κ3) is 7.84. The van der Waals surface area contributed by atoms with Crippen molar-refractivity contribution in [2.75, 3.05) is 0 Å². The Hall–Kier alpha value is -2.00. The number of aryl methyl sites for hydroxylation is 1. The minimum Gasteiger partial charge on any atom is -0.120 e. The van der Waals surface area contributed by atoms with Crippen molar-refractivity contribution < 1.29 is 0 Å². The van der Waals surface area contributed by atoms with E-state index < -0.39 is 0 Å². The summed E-state index contributed by atoms with van der Waals surface area (Å²) in [6, 6.07) is 19.3. The van der Waals surface area contributed by atoms with Crippen LogP contribution in [0.2, 0.25) is 0 Å². The molecule has 2 aromatic carbocycles. The van der Waals surface area contributed by atoms with Crippen molar-refractivity contribution in [3.05, 3.63) is 71.3 Å². The molecule has 0 atom stereocenters. The third-order valence-electron chi connectivity index (χ3n) is 2.37. The van der Waals surface area contributed by atoms with E-state index in [1.807, 2.05) is 13.8 Å². The zero-order chi connectivity index (χ0) is 14.5. The van der Waals surface area contributed by atoms with Crippen molar-refractivity contribution in [2.45, 2.75) is 34.1 Å². The van der Waals surface area contributed by atoms with Crippen molar-refractivity contribution in [3.8, 4) is 12.3 Å². The van der Waals surface area contributed by atoms with Crippen molar-refractivity contribution in [3.63, 3.8) is 0 Å². The minimum absolute atomic E-state index is 1.03. The lowest BCUT2D eigenvalue weighted by molar-refractivity contribution is 1.19. The minimum atomic E-state index is 1.03. The summed E-state index contributed by atoms with van der Waals surface area (Å²) in [4.78, 5) is 0. The van der Waals surface area contributed by atoms with Gasteiger partial charge in [0.2, 0.25) is 0 Å². The number of terminal acetylenes is 1. The monoisotopic (exact) mass is 252 g/mol. The summed E-state index contributed by atoms with van der Waals surface area (Å²) in [6.45, 7) is 7.77. The van der Waals surface area contributed by atoms with E-state index in [0.717, 1.165) is 6.42 Å². The Labute approximate surface area is 118 Å². The predicted molar refractivity (Wildman–Crippen MR) is 86.3 cm³/mol. The van der Waals surface area contributed by atoms with E-state index in [9.17, 15) is 0 Å². The van der Waals surface area contributed by atoms with Crippen LogP contribution in [-0.2, 0) is 6.42 Å². The van der Waals surface area contributed by atoms with Crippen LogP contribution in [0.5, 0.6) is 0 Å². The van der Waals surface area contributed by atoms with E-state index >= 15 is 0 Å². The van der Waals surface area contributed by atoms with E-state index in [4.69, 9.17) is 0 Å². The van der Waals surface area contributed by atoms with Gasteiger partial charge in [0.05, 0.1) is 0 Å². The SMILES string of the molecule is C#CC.CC.Cc1ccc(Cc2ccccc2)cc1. The summed E-state index contributed by atoms with van der Waals surface area (Å²) in [5.74, 6) is 2.25. The predicted octanol–water partition coefficient (Wildman–Crippen LogP) is 5.25. The Morgan fingerprint density at radius 1 is 0.842 bits per heavy atom. The molecule has 0 spiro atoms. The molecule has 0 aliphatic carbocycles. The molecule has 0 saturated carbocycles. The van der Waals surface area contributed by atoms with Crippen LogP contribution in [0.1, 0.15) is 37.5 Å². The van der Waals surface area contributed by atoms with E-state index in [-0.39, 0.29) is 0 Å². The quantitative estimate of drug-likeness (QED) is 0.640. The topological polar surface area (TPSA) is 0 Å². The van der Waals surface area contributed by atoms with Crippen LogP contribution in [-0.4, -0.2) is 0 Å². The Morgan fingerprint density at radius 3 is 1.74 bits per heavy atom. The molecule has 0 aromatic heterocycles. The fourth-order valence-electron chi connectivity index (χ4n) is 1.54. The molecule has 0 bridgehead atoms. The summed E-state index contributed by atoms with van der Waals surface area (Å²) < 4.78 is 0. The highest BCUT2D eigenvalue weighted by Gasteiger charge is 1.94. The molecule has 0 aliphatic rings. The molecule has 0 radical (unpaired) electrons. The largest absolute Gasteiger partial charge is 0.120 e. The first-order valence-corrected chi connectivity index (χ1v) is 6.73. The normalized spacial score (nSPS) is 8.16. The molecule has 0 saturated heterocycles. The summed E-state index contributed by atoms with van der Waals surface area (Å²) in [7, 11) is 0. The van der Waals surface area contributed by atoms with E-state index in [2.05, 4.69) is 73.9 Å². The van der Waals surface area contributed by atoms with Gasteiger partial charge in [0.25, 0.3) is 0 Å². The molecule has 0 amide bonds. The lowest BCUT2D eigenvalue weighted by atomic mass is 10.0. The van der Waals surface area contributed by atoms with Gasteiger partial charge in [0, 0.05) is 0 Å². The second-order valence-corrected chi connectivity index (χ2v) is 3.94. The van der Waals surface area contributed by atoms with Gasteiger partial charge in [-0.25, -0.2) is 0 Å². The van der Waals surface area contributed by atoms with Crippen LogP contribution in [0.25, 0.3) is 0 Å². The maximum absolute atomic E-state index is 4.60. The molecular formula is C19H24. The zero-order valence-electron chi connectivity index (χ0n) is 12.5. The summed E-state index contributed by atoms with van der Waals surface area (Å²) >= 11 is 0. The fraction of sp³-hybridized carbons (Fsp3) is 0.263. The van der Waals surface area contributed by atoms with E-state index in [0.29, 0.717) is 0 Å². The smallest absolute Gasteiger partial charge is 0.00258 e. The second kappa shape index (κ2) is 11.1. The summed E-state index contributed by atoms with van der Waals surface area (Å²) in [5, 5.41) is 0. The Morgan fingerprint density at radius 2 is 1.26 bits per heavy atom. The van der Waals surface area contributed by atoms with Crippen molar-refractivity contribution >= 4 is 0 Å². The van der Waals surface area contributed by atoms with Crippen LogP contribution < -0.4 is 0 Å². The molecule has 0 aliphatic heterocycles. The maximum Gasteiger partial charge on any atom is -0.00258 e. The number of rotatable bonds is 2. The maximum atomic E-state index is 4.60. The van der Waals surface area contributed by atoms with Crippen LogP contribution in [0, 0.1) is 19.3 Å². The molecule has 2 aromatic rings. The number of benzene rings is 2. The van der Waals surface area contributed by atoms with Gasteiger partial charge in [-0.05, 0) is 31.4 Å². The van der Waals surface area contributed by atoms with Gasteiger partial charge in [-0.15, -0.1) is 12.3 Å². The third-order valence-corrected chi connectivity index (χ3v) is 2.37. The Balaban J connectivity index is 0.000000573. The Bertz CT molecular complexity index is 458. The lowest BCUT2D eigenvalue weighted by Crippen LogP contribution is -1.86. The summed E-state index contributed by atoms with van der Waals surface area (Å²) in [6.07, 6.45) is 5.63. The number of hydrogen-bond acceptors (Lipinski definition) is 0. The molecule has 0 unspecified atom stereocenters. The second-order valence-electron chi connectivity index (χ2n) is 3.94. The van der Waals surface area contributed by atoms with Crippen LogP contribution in [0.4, 0.5) is 0 Å². The van der Waals surface area contributed by atoms with Crippen LogP contribution in [0.15, 0.2) is 54.6 Å². The van der Waals surface area contributed by atoms with Gasteiger partial charge in [-0.2, -0.15) is 0 Å². The van der Waals surface area contributed by atoms with E-state index in [1.165, 1.54) is 16.7 Å². The highest BCUT2D eigenvalue weighted by Crippen LogP contribution is 2.09. The van der Waals surface area contributed by atoms with Gasteiger partial charge < -0.3 is 0 Å². The fourth-order valence-corrected chi connectivity index (χ4v) is 1.54. The first kappa shape index (κ1) is 17.0.